The van der Waals surface area contributed by atoms with Crippen LogP contribution in [0.1, 0.15) is 25.4 Å². The van der Waals surface area contributed by atoms with Crippen LogP contribution < -0.4 is 15.8 Å². The number of aromatic nitrogens is 3. The summed E-state index contributed by atoms with van der Waals surface area (Å²) in [7, 11) is 0. The third-order valence-electron chi connectivity index (χ3n) is 2.52. The number of pyridine rings is 1. The van der Waals surface area contributed by atoms with Gasteiger partial charge in [0.15, 0.2) is 0 Å². The quantitative estimate of drug-likeness (QED) is 0.868. The van der Waals surface area contributed by atoms with Gasteiger partial charge in [-0.15, -0.1) is 0 Å². The van der Waals surface area contributed by atoms with E-state index in [1.807, 2.05) is 32.9 Å². The molecule has 0 unspecified atom stereocenters. The van der Waals surface area contributed by atoms with E-state index in [-0.39, 0.29) is 6.10 Å². The first-order valence-corrected chi connectivity index (χ1v) is 6.50. The van der Waals surface area contributed by atoms with Crippen LogP contribution in [0.5, 0.6) is 5.88 Å². The van der Waals surface area contributed by atoms with E-state index in [9.17, 15) is 0 Å². The smallest absolute Gasteiger partial charge is 0.239 e. The molecule has 0 aliphatic carbocycles. The lowest BCUT2D eigenvalue weighted by molar-refractivity contribution is 0.234. The summed E-state index contributed by atoms with van der Waals surface area (Å²) in [4.78, 5) is 12.7. The Hall–Kier alpha value is -2.37. The molecule has 2 aromatic heterocycles. The van der Waals surface area contributed by atoms with Crippen molar-refractivity contribution >= 4 is 11.5 Å². The van der Waals surface area contributed by atoms with E-state index >= 15 is 0 Å². The van der Waals surface area contributed by atoms with E-state index in [4.69, 9.17) is 10.5 Å². The van der Waals surface area contributed by atoms with Crippen LogP contribution in [-0.2, 0) is 6.54 Å². The summed E-state index contributed by atoms with van der Waals surface area (Å²) in [5.41, 5.74) is 7.26. The number of anilines is 2. The minimum atomic E-state index is 0.0320. The molecule has 6 heteroatoms. The molecule has 0 saturated heterocycles. The maximum absolute atomic E-state index is 5.83. The Kier molecular flexibility index (Phi) is 4.34. The first-order valence-electron chi connectivity index (χ1n) is 6.50. The number of hydrogen-bond donors (Lipinski definition) is 2. The molecule has 0 amide bonds. The Morgan fingerprint density at radius 2 is 2.05 bits per heavy atom. The summed E-state index contributed by atoms with van der Waals surface area (Å²) in [5, 5.41) is 3.19. The number of nitrogens with two attached hydrogens (primary N) is 1. The number of rotatable bonds is 5. The molecule has 0 saturated carbocycles. The number of ether oxygens (including phenoxy) is 1. The van der Waals surface area contributed by atoms with Gasteiger partial charge >= 0.3 is 0 Å². The van der Waals surface area contributed by atoms with Gasteiger partial charge in [-0.25, -0.2) is 9.97 Å². The van der Waals surface area contributed by atoms with E-state index in [1.54, 1.807) is 12.3 Å². The average Bonchev–Trinajstić information content (AvgIpc) is 2.39. The largest absolute Gasteiger partial charge is 0.473 e. The Morgan fingerprint density at radius 1 is 1.25 bits per heavy atom. The molecule has 20 heavy (non-hydrogen) atoms. The summed E-state index contributed by atoms with van der Waals surface area (Å²) in [6.45, 7) is 6.30. The highest BCUT2D eigenvalue weighted by Gasteiger charge is 2.06. The van der Waals surface area contributed by atoms with Crippen LogP contribution in [0.15, 0.2) is 24.4 Å². The fraction of sp³-hybridized carbons (Fsp3) is 0.357. The van der Waals surface area contributed by atoms with Crippen LogP contribution in [-0.4, -0.2) is 21.1 Å². The molecule has 0 radical (unpaired) electrons. The van der Waals surface area contributed by atoms with E-state index in [2.05, 4.69) is 20.3 Å². The van der Waals surface area contributed by atoms with Crippen LogP contribution in [0.25, 0.3) is 0 Å². The van der Waals surface area contributed by atoms with Crippen LogP contribution in [0.2, 0.25) is 0 Å². The van der Waals surface area contributed by atoms with Gasteiger partial charge in [-0.05, 0) is 39.0 Å². The van der Waals surface area contributed by atoms with Gasteiger partial charge < -0.3 is 15.8 Å². The molecular formula is C14H19N5O. The zero-order chi connectivity index (χ0) is 14.5. The van der Waals surface area contributed by atoms with E-state index in [1.165, 1.54) is 0 Å². The van der Waals surface area contributed by atoms with Gasteiger partial charge in [-0.2, -0.15) is 4.98 Å². The Morgan fingerprint density at radius 3 is 2.75 bits per heavy atom. The topological polar surface area (TPSA) is 86.0 Å². The zero-order valence-electron chi connectivity index (χ0n) is 11.9. The van der Waals surface area contributed by atoms with Crippen molar-refractivity contribution < 1.29 is 4.74 Å². The van der Waals surface area contributed by atoms with Gasteiger partial charge in [-0.1, -0.05) is 0 Å². The van der Waals surface area contributed by atoms with Gasteiger partial charge in [0, 0.05) is 6.20 Å². The highest BCUT2D eigenvalue weighted by Crippen LogP contribution is 2.22. The maximum Gasteiger partial charge on any atom is 0.239 e. The van der Waals surface area contributed by atoms with Crippen molar-refractivity contribution in [2.75, 3.05) is 11.1 Å². The number of nitrogens with zero attached hydrogens (tertiary/aromatic N) is 3. The molecule has 2 aromatic rings. The number of nitrogens with one attached hydrogen (secondary N) is 1. The Balaban J connectivity index is 2.06. The molecule has 2 rings (SSSR count). The monoisotopic (exact) mass is 273 g/mol. The van der Waals surface area contributed by atoms with E-state index in [0.29, 0.717) is 23.9 Å². The lowest BCUT2D eigenvalue weighted by atomic mass is 10.3. The van der Waals surface area contributed by atoms with Crippen molar-refractivity contribution in [2.45, 2.75) is 33.4 Å². The first-order chi connectivity index (χ1) is 9.54. The molecule has 3 N–H and O–H groups in total. The Labute approximate surface area is 118 Å². The molecule has 106 valence electrons. The second kappa shape index (κ2) is 6.18. The summed E-state index contributed by atoms with van der Waals surface area (Å²) in [6.07, 6.45) is 1.77. The number of nitrogen functional groups attached to an aromatic ring is 1. The average molecular weight is 273 g/mol. The molecule has 0 fully saturated rings. The molecular weight excluding hydrogens is 254 g/mol. The normalized spacial score (nSPS) is 10.6. The fourth-order valence-corrected chi connectivity index (χ4v) is 1.65. The van der Waals surface area contributed by atoms with E-state index in [0.717, 1.165) is 11.5 Å². The predicted octanol–water partition coefficient (Wildman–Crippen LogP) is 2.16. The molecule has 0 bridgehead atoms. The first kappa shape index (κ1) is 14.0. The van der Waals surface area contributed by atoms with Gasteiger partial charge in [0.05, 0.1) is 24.0 Å². The van der Waals surface area contributed by atoms with Crippen molar-refractivity contribution in [2.24, 2.45) is 0 Å². The minimum Gasteiger partial charge on any atom is -0.473 e. The highest BCUT2D eigenvalue weighted by atomic mass is 16.5. The second-order valence-corrected chi connectivity index (χ2v) is 4.71. The summed E-state index contributed by atoms with van der Waals surface area (Å²) >= 11 is 0. The van der Waals surface area contributed by atoms with Gasteiger partial charge in [0.1, 0.15) is 11.6 Å². The van der Waals surface area contributed by atoms with Gasteiger partial charge in [0.25, 0.3) is 0 Å². The maximum atomic E-state index is 5.83. The predicted molar refractivity (Wildman–Crippen MR) is 78.5 cm³/mol. The van der Waals surface area contributed by atoms with Crippen LogP contribution >= 0.6 is 0 Å². The minimum absolute atomic E-state index is 0.0320. The van der Waals surface area contributed by atoms with Crippen LogP contribution in [0, 0.1) is 6.92 Å². The zero-order valence-corrected chi connectivity index (χ0v) is 11.9. The Bertz CT molecular complexity index is 586. The van der Waals surface area contributed by atoms with Crippen LogP contribution in [0.4, 0.5) is 11.5 Å². The molecule has 0 aromatic carbocycles. The summed E-state index contributed by atoms with van der Waals surface area (Å²) in [6, 6.07) is 5.46. The molecule has 0 aliphatic heterocycles. The number of hydrogen-bond acceptors (Lipinski definition) is 6. The molecule has 0 aliphatic rings. The van der Waals surface area contributed by atoms with Crippen molar-refractivity contribution in [3.8, 4) is 5.88 Å². The third-order valence-corrected chi connectivity index (χ3v) is 2.52. The SMILES string of the molecule is Cc1nccc(CNc2ccc(N)c(OC(C)C)n2)n1. The number of aryl methyl sites for hydroxylation is 1. The fourth-order valence-electron chi connectivity index (χ4n) is 1.65. The van der Waals surface area contributed by atoms with Crippen LogP contribution in [0.3, 0.4) is 0 Å². The van der Waals surface area contributed by atoms with E-state index < -0.39 is 0 Å². The van der Waals surface area contributed by atoms with Crippen molar-refractivity contribution in [3.05, 3.63) is 35.9 Å². The van der Waals surface area contributed by atoms with Gasteiger partial charge in [-0.3, -0.25) is 0 Å². The molecule has 0 atom stereocenters. The van der Waals surface area contributed by atoms with Crippen molar-refractivity contribution in [1.82, 2.24) is 15.0 Å². The third kappa shape index (κ3) is 3.81. The van der Waals surface area contributed by atoms with Crippen molar-refractivity contribution in [1.29, 1.82) is 0 Å². The molecule has 2 heterocycles. The standard InChI is InChI=1S/C14H19N5O/c1-9(2)20-14-12(15)4-5-13(19-14)17-8-11-6-7-16-10(3)18-11/h4-7,9H,8,15H2,1-3H3,(H,17,19). The lowest BCUT2D eigenvalue weighted by Gasteiger charge is -2.13. The molecule has 0 spiro atoms. The molecule has 6 nitrogen and oxygen atoms in total. The summed E-state index contributed by atoms with van der Waals surface area (Å²) in [5.74, 6) is 1.90. The summed E-state index contributed by atoms with van der Waals surface area (Å²) < 4.78 is 5.56. The van der Waals surface area contributed by atoms with Gasteiger partial charge in [0.2, 0.25) is 5.88 Å². The second-order valence-electron chi connectivity index (χ2n) is 4.71. The van der Waals surface area contributed by atoms with Crippen molar-refractivity contribution in [3.63, 3.8) is 0 Å². The highest BCUT2D eigenvalue weighted by molar-refractivity contribution is 5.53. The lowest BCUT2D eigenvalue weighted by Crippen LogP contribution is -2.10.